The Bertz CT molecular complexity index is 1180. The van der Waals surface area contributed by atoms with E-state index in [0.29, 0.717) is 17.4 Å². The summed E-state index contributed by atoms with van der Waals surface area (Å²) in [5.41, 5.74) is 0. The fourth-order valence-electron chi connectivity index (χ4n) is 7.03. The number of allylic oxidation sites excluding steroid dienone is 9. The van der Waals surface area contributed by atoms with Crippen LogP contribution >= 0.6 is 7.82 Å². The molecule has 0 aliphatic carbocycles. The molecule has 0 aliphatic heterocycles. The van der Waals surface area contributed by atoms with E-state index >= 15 is 0 Å². The van der Waals surface area contributed by atoms with E-state index in [1.165, 1.54) is 128 Å². The molecule has 356 valence electrons. The Labute approximate surface area is 377 Å². The van der Waals surface area contributed by atoms with Crippen molar-refractivity contribution in [2.45, 2.75) is 225 Å². The number of carbonyl (C=O) groups is 1. The van der Waals surface area contributed by atoms with Crippen molar-refractivity contribution >= 4 is 13.7 Å². The van der Waals surface area contributed by atoms with Gasteiger partial charge < -0.3 is 28.8 Å². The molecule has 2 N–H and O–H groups in total. The molecule has 0 bridgehead atoms. The van der Waals surface area contributed by atoms with Crippen LogP contribution in [0.2, 0.25) is 0 Å². The Kier molecular flexibility index (Phi) is 42.2. The summed E-state index contributed by atoms with van der Waals surface area (Å²) in [6.45, 7) is 4.51. The number of nitrogens with zero attached hydrogens (tertiary/aromatic N) is 1. The Balaban J connectivity index is 4.07. The number of hydrogen-bond acceptors (Lipinski definition) is 6. The Morgan fingerprint density at radius 1 is 0.590 bits per heavy atom. The summed E-state index contributed by atoms with van der Waals surface area (Å²) in [5, 5.41) is 13.8. The van der Waals surface area contributed by atoms with E-state index in [9.17, 15) is 19.4 Å². The van der Waals surface area contributed by atoms with Gasteiger partial charge in [-0.3, -0.25) is 9.36 Å². The normalized spacial score (nSPS) is 14.7. The highest BCUT2D eigenvalue weighted by Gasteiger charge is 2.23. The lowest BCUT2D eigenvalue weighted by Gasteiger charge is -2.29. The maximum atomic E-state index is 12.9. The van der Waals surface area contributed by atoms with Crippen LogP contribution in [0.3, 0.4) is 0 Å². The molecule has 0 aromatic heterocycles. The molecular formula is C52H97N2O6P. The molecule has 1 amide bonds. The van der Waals surface area contributed by atoms with Crippen molar-refractivity contribution in [1.82, 2.24) is 5.32 Å². The third-order valence-corrected chi connectivity index (χ3v) is 11.9. The minimum atomic E-state index is -4.59. The summed E-state index contributed by atoms with van der Waals surface area (Å²) in [6.07, 6.45) is 57.2. The zero-order valence-electron chi connectivity index (χ0n) is 40.4. The van der Waals surface area contributed by atoms with E-state index in [2.05, 4.69) is 67.8 Å². The molecule has 8 nitrogen and oxygen atoms in total. The van der Waals surface area contributed by atoms with Crippen LogP contribution < -0.4 is 10.2 Å². The molecule has 0 fully saturated rings. The average molecular weight is 877 g/mol. The highest BCUT2D eigenvalue weighted by atomic mass is 31.2. The molecular weight excluding hydrogens is 780 g/mol. The summed E-state index contributed by atoms with van der Waals surface area (Å²) in [6, 6.07) is -0.885. The van der Waals surface area contributed by atoms with Crippen molar-refractivity contribution in [3.63, 3.8) is 0 Å². The monoisotopic (exact) mass is 877 g/mol. The molecule has 9 heteroatoms. The van der Waals surface area contributed by atoms with Crippen molar-refractivity contribution in [2.75, 3.05) is 40.9 Å². The van der Waals surface area contributed by atoms with Gasteiger partial charge in [-0.2, -0.15) is 0 Å². The molecule has 0 saturated carbocycles. The van der Waals surface area contributed by atoms with Gasteiger partial charge in [-0.05, 0) is 57.8 Å². The summed E-state index contributed by atoms with van der Waals surface area (Å²) in [7, 11) is 1.26. The standard InChI is InChI=1S/C52H97N2O6P/c1-6-8-10-12-14-16-18-19-20-21-22-23-24-25-26-27-28-29-30-31-32-33-34-35-36-38-40-42-44-46-52(56)53-50(49-60-61(57,58)59-48-47-54(3,4)5)51(55)45-43-41-39-37-17-15-13-11-9-7-2/h8,10,14,16,19-20,22-23,43,45,50-51,55H,6-7,9,11-13,15,17-18,21,24-42,44,46-49H2,1-5H3,(H-,53,56,57,58)/b10-8-,16-14-,20-19-,23-22-,45-43+. The fourth-order valence-corrected chi connectivity index (χ4v) is 7.75. The number of aliphatic hydroxyl groups is 1. The van der Waals surface area contributed by atoms with Gasteiger partial charge >= 0.3 is 0 Å². The molecule has 0 heterocycles. The number of nitrogens with one attached hydrogen (secondary N) is 1. The van der Waals surface area contributed by atoms with Crippen molar-refractivity contribution in [2.24, 2.45) is 0 Å². The number of quaternary nitrogens is 1. The van der Waals surface area contributed by atoms with Crippen LogP contribution in [0.5, 0.6) is 0 Å². The molecule has 3 atom stereocenters. The zero-order valence-corrected chi connectivity index (χ0v) is 41.2. The Morgan fingerprint density at radius 3 is 1.46 bits per heavy atom. The lowest BCUT2D eigenvalue weighted by molar-refractivity contribution is -0.870. The van der Waals surface area contributed by atoms with Gasteiger partial charge in [0.2, 0.25) is 5.91 Å². The third kappa shape index (κ3) is 46.0. The van der Waals surface area contributed by atoms with Crippen molar-refractivity contribution in [1.29, 1.82) is 0 Å². The molecule has 61 heavy (non-hydrogen) atoms. The van der Waals surface area contributed by atoms with E-state index in [1.54, 1.807) is 6.08 Å². The van der Waals surface area contributed by atoms with Gasteiger partial charge in [0.05, 0.1) is 39.9 Å². The minimum Gasteiger partial charge on any atom is -0.756 e. The molecule has 0 rings (SSSR count). The summed E-state index contributed by atoms with van der Waals surface area (Å²) in [4.78, 5) is 25.3. The van der Waals surface area contributed by atoms with Crippen LogP contribution in [0, 0.1) is 0 Å². The SMILES string of the molecule is CC/C=C\C/C=C\C/C=C\C/C=C\CCCCCCCCCCCCCCCCCCC(=O)NC(COP(=O)([O-])OCC[N+](C)(C)C)C(O)/C=C/CCCCCCCCCC. The maximum absolute atomic E-state index is 12.9. The lowest BCUT2D eigenvalue weighted by Crippen LogP contribution is -2.45. The van der Waals surface area contributed by atoms with E-state index < -0.39 is 20.0 Å². The number of unbranched alkanes of at least 4 members (excludes halogenated alkanes) is 24. The van der Waals surface area contributed by atoms with E-state index in [4.69, 9.17) is 9.05 Å². The number of amides is 1. The van der Waals surface area contributed by atoms with E-state index in [1.807, 2.05) is 27.2 Å². The van der Waals surface area contributed by atoms with E-state index in [0.717, 1.165) is 64.2 Å². The predicted octanol–water partition coefficient (Wildman–Crippen LogP) is 14.0. The third-order valence-electron chi connectivity index (χ3n) is 11.0. The topological polar surface area (TPSA) is 108 Å². The maximum Gasteiger partial charge on any atom is 0.268 e. The van der Waals surface area contributed by atoms with Crippen molar-refractivity contribution in [3.05, 3.63) is 60.8 Å². The first kappa shape index (κ1) is 59.2. The summed E-state index contributed by atoms with van der Waals surface area (Å²) >= 11 is 0. The van der Waals surface area contributed by atoms with Crippen LogP contribution in [0.25, 0.3) is 0 Å². The van der Waals surface area contributed by atoms with Gasteiger partial charge in [-0.25, -0.2) is 0 Å². The highest BCUT2D eigenvalue weighted by molar-refractivity contribution is 7.45. The number of aliphatic hydroxyl groups excluding tert-OH is 1. The molecule has 3 unspecified atom stereocenters. The summed E-state index contributed by atoms with van der Waals surface area (Å²) in [5.74, 6) is -0.200. The molecule has 0 aromatic carbocycles. The second-order valence-electron chi connectivity index (χ2n) is 18.1. The van der Waals surface area contributed by atoms with Crippen LogP contribution in [-0.2, 0) is 18.4 Å². The van der Waals surface area contributed by atoms with Gasteiger partial charge in [-0.1, -0.05) is 209 Å². The minimum absolute atomic E-state index is 0.00203. The van der Waals surface area contributed by atoms with Gasteiger partial charge in [0, 0.05) is 6.42 Å². The van der Waals surface area contributed by atoms with Crippen LogP contribution in [0.4, 0.5) is 0 Å². The molecule has 0 spiro atoms. The molecule has 0 aliphatic rings. The largest absolute Gasteiger partial charge is 0.756 e. The first-order chi connectivity index (χ1) is 29.5. The second kappa shape index (κ2) is 43.5. The Morgan fingerprint density at radius 2 is 1.00 bits per heavy atom. The molecule has 0 radical (unpaired) electrons. The van der Waals surface area contributed by atoms with Crippen molar-refractivity contribution in [3.8, 4) is 0 Å². The van der Waals surface area contributed by atoms with Gasteiger partial charge in [0.15, 0.2) is 0 Å². The number of rotatable bonds is 45. The van der Waals surface area contributed by atoms with Gasteiger partial charge in [0.1, 0.15) is 13.2 Å². The quantitative estimate of drug-likeness (QED) is 0.0273. The number of phosphoric ester groups is 1. The zero-order chi connectivity index (χ0) is 45.0. The predicted molar refractivity (Wildman–Crippen MR) is 261 cm³/mol. The highest BCUT2D eigenvalue weighted by Crippen LogP contribution is 2.38. The average Bonchev–Trinajstić information content (AvgIpc) is 3.21. The van der Waals surface area contributed by atoms with E-state index in [-0.39, 0.29) is 19.1 Å². The van der Waals surface area contributed by atoms with Crippen molar-refractivity contribution < 1.29 is 32.9 Å². The number of phosphoric acid groups is 1. The van der Waals surface area contributed by atoms with Crippen LogP contribution in [0.1, 0.15) is 213 Å². The number of carbonyl (C=O) groups excluding carboxylic acids is 1. The van der Waals surface area contributed by atoms with Gasteiger partial charge in [0.25, 0.3) is 7.82 Å². The first-order valence-corrected chi connectivity index (χ1v) is 26.6. The lowest BCUT2D eigenvalue weighted by atomic mass is 10.0. The van der Waals surface area contributed by atoms with Crippen LogP contribution in [0.15, 0.2) is 60.8 Å². The van der Waals surface area contributed by atoms with Gasteiger partial charge in [-0.15, -0.1) is 0 Å². The summed E-state index contributed by atoms with van der Waals surface area (Å²) < 4.78 is 23.2. The Hall–Kier alpha value is -1.80. The second-order valence-corrected chi connectivity index (χ2v) is 19.6. The van der Waals surface area contributed by atoms with Crippen LogP contribution in [-0.4, -0.2) is 68.5 Å². The number of hydrogen-bond donors (Lipinski definition) is 2. The molecule has 0 saturated heterocycles. The first-order valence-electron chi connectivity index (χ1n) is 25.2. The molecule has 0 aromatic rings. The fraction of sp³-hybridized carbons (Fsp3) is 0.788. The smallest absolute Gasteiger partial charge is 0.268 e. The number of likely N-dealkylation sites (N-methyl/N-ethyl adjacent to an activating group) is 1.